The van der Waals surface area contributed by atoms with Gasteiger partial charge in [0.15, 0.2) is 11.5 Å². The first kappa shape index (κ1) is 27.9. The molecule has 0 radical (unpaired) electrons. The molecule has 0 spiro atoms. The average molecular weight is 527 g/mol. The molecule has 0 atom stereocenters. The number of ether oxygens (including phenoxy) is 3. The zero-order chi connectivity index (χ0) is 27.2. The lowest BCUT2D eigenvalue weighted by molar-refractivity contribution is -0.119. The van der Waals surface area contributed by atoms with Gasteiger partial charge in [0.2, 0.25) is 11.7 Å². The highest BCUT2D eigenvalue weighted by atomic mass is 32.2. The predicted molar refractivity (Wildman–Crippen MR) is 144 cm³/mol. The third-order valence-electron chi connectivity index (χ3n) is 6.01. The molecule has 0 saturated heterocycles. The van der Waals surface area contributed by atoms with E-state index < -0.39 is 22.5 Å². The summed E-state index contributed by atoms with van der Waals surface area (Å²) in [4.78, 5) is 13.2. The summed E-state index contributed by atoms with van der Waals surface area (Å²) in [5.41, 5.74) is 3.07. The van der Waals surface area contributed by atoms with Crippen molar-refractivity contribution in [3.63, 3.8) is 0 Å². The van der Waals surface area contributed by atoms with Crippen molar-refractivity contribution in [3.05, 3.63) is 77.4 Å². The maximum Gasteiger partial charge on any atom is 0.264 e. The predicted octanol–water partition coefficient (Wildman–Crippen LogP) is 4.66. The van der Waals surface area contributed by atoms with Gasteiger partial charge in [0.1, 0.15) is 6.54 Å². The van der Waals surface area contributed by atoms with Gasteiger partial charge in [0, 0.05) is 12.1 Å². The number of benzene rings is 3. The molecule has 0 unspecified atom stereocenters. The standard InChI is InChI=1S/C28H34N2O6S/c1-19(2)21-9-12-23(13-10-21)30(37(32,33)24-14-7-20(3)8-15-24)18-26(31)29-17-22-11-16-25(34-4)28(36-6)27(22)35-5/h7-16,19H,17-18H2,1-6H3,(H,29,31). The van der Waals surface area contributed by atoms with Crippen LogP contribution in [0.1, 0.15) is 36.5 Å². The van der Waals surface area contributed by atoms with Crippen LogP contribution in [0.2, 0.25) is 0 Å². The second kappa shape index (κ2) is 12.0. The average Bonchev–Trinajstić information content (AvgIpc) is 2.90. The molecule has 0 aliphatic carbocycles. The van der Waals surface area contributed by atoms with Gasteiger partial charge >= 0.3 is 0 Å². The van der Waals surface area contributed by atoms with Crippen LogP contribution in [-0.2, 0) is 21.4 Å². The summed E-state index contributed by atoms with van der Waals surface area (Å²) in [5, 5.41) is 2.80. The molecule has 37 heavy (non-hydrogen) atoms. The zero-order valence-corrected chi connectivity index (χ0v) is 22.9. The molecular weight excluding hydrogens is 492 g/mol. The summed E-state index contributed by atoms with van der Waals surface area (Å²) in [5.74, 6) is 1.15. The highest BCUT2D eigenvalue weighted by Gasteiger charge is 2.27. The van der Waals surface area contributed by atoms with E-state index in [-0.39, 0.29) is 17.4 Å². The molecule has 3 rings (SSSR count). The number of nitrogens with one attached hydrogen (secondary N) is 1. The van der Waals surface area contributed by atoms with Gasteiger partial charge in [-0.15, -0.1) is 0 Å². The first-order valence-electron chi connectivity index (χ1n) is 11.9. The molecule has 0 heterocycles. The monoisotopic (exact) mass is 526 g/mol. The minimum Gasteiger partial charge on any atom is -0.493 e. The maximum atomic E-state index is 13.6. The lowest BCUT2D eigenvalue weighted by Crippen LogP contribution is -2.40. The largest absolute Gasteiger partial charge is 0.493 e. The number of aryl methyl sites for hydroxylation is 1. The van der Waals surface area contributed by atoms with Gasteiger partial charge in [0.05, 0.1) is 31.9 Å². The number of carbonyl (C=O) groups is 1. The minimum absolute atomic E-state index is 0.104. The molecule has 0 aliphatic rings. The van der Waals surface area contributed by atoms with E-state index in [4.69, 9.17) is 14.2 Å². The second-order valence-corrected chi connectivity index (χ2v) is 10.7. The Hall–Kier alpha value is -3.72. The minimum atomic E-state index is -4.00. The second-order valence-electron chi connectivity index (χ2n) is 8.84. The lowest BCUT2D eigenvalue weighted by Gasteiger charge is -2.25. The van der Waals surface area contributed by atoms with Crippen molar-refractivity contribution in [2.45, 2.75) is 38.1 Å². The fourth-order valence-corrected chi connectivity index (χ4v) is 5.28. The van der Waals surface area contributed by atoms with Crippen molar-refractivity contribution >= 4 is 21.6 Å². The van der Waals surface area contributed by atoms with Crippen LogP contribution in [0, 0.1) is 6.92 Å². The highest BCUT2D eigenvalue weighted by Crippen LogP contribution is 2.39. The van der Waals surface area contributed by atoms with E-state index >= 15 is 0 Å². The number of amides is 1. The SMILES string of the molecule is COc1ccc(CNC(=O)CN(c2ccc(C(C)C)cc2)S(=O)(=O)c2ccc(C)cc2)c(OC)c1OC. The van der Waals surface area contributed by atoms with Gasteiger partial charge in [-0.1, -0.05) is 43.7 Å². The van der Waals surface area contributed by atoms with Crippen molar-refractivity contribution in [2.24, 2.45) is 0 Å². The lowest BCUT2D eigenvalue weighted by atomic mass is 10.0. The Bertz CT molecular complexity index is 1320. The Kier molecular flexibility index (Phi) is 9.04. The molecule has 0 saturated carbocycles. The van der Waals surface area contributed by atoms with Crippen molar-refractivity contribution < 1.29 is 27.4 Å². The number of nitrogens with zero attached hydrogens (tertiary/aromatic N) is 1. The summed E-state index contributed by atoms with van der Waals surface area (Å²) in [6.45, 7) is 5.71. The molecule has 198 valence electrons. The Balaban J connectivity index is 1.89. The molecule has 0 fully saturated rings. The summed E-state index contributed by atoms with van der Waals surface area (Å²) in [6.07, 6.45) is 0. The quantitative estimate of drug-likeness (QED) is 0.391. The molecule has 0 aliphatic heterocycles. The topological polar surface area (TPSA) is 94.2 Å². The number of hydrogen-bond donors (Lipinski definition) is 1. The molecule has 1 N–H and O–H groups in total. The van der Waals surface area contributed by atoms with E-state index in [1.807, 2.05) is 19.1 Å². The van der Waals surface area contributed by atoms with Gasteiger partial charge in [-0.25, -0.2) is 8.42 Å². The number of carbonyl (C=O) groups excluding carboxylic acids is 1. The number of methoxy groups -OCH3 is 3. The molecule has 1 amide bonds. The Morgan fingerprint density at radius 2 is 1.49 bits per heavy atom. The van der Waals surface area contributed by atoms with Gasteiger partial charge in [0.25, 0.3) is 10.0 Å². The first-order chi connectivity index (χ1) is 17.6. The van der Waals surface area contributed by atoms with Crippen LogP contribution in [0.3, 0.4) is 0 Å². The highest BCUT2D eigenvalue weighted by molar-refractivity contribution is 7.92. The fraction of sp³-hybridized carbons (Fsp3) is 0.321. The molecule has 3 aromatic carbocycles. The van der Waals surface area contributed by atoms with E-state index in [2.05, 4.69) is 19.2 Å². The van der Waals surface area contributed by atoms with Gasteiger partial charge in [-0.3, -0.25) is 9.10 Å². The molecule has 8 nitrogen and oxygen atoms in total. The van der Waals surface area contributed by atoms with Crippen molar-refractivity contribution in [1.82, 2.24) is 5.32 Å². The molecule has 0 aromatic heterocycles. The van der Waals surface area contributed by atoms with Gasteiger partial charge in [-0.05, 0) is 54.8 Å². The summed E-state index contributed by atoms with van der Waals surface area (Å²) in [7, 11) is 0.521. The molecule has 0 bridgehead atoms. The first-order valence-corrected chi connectivity index (χ1v) is 13.3. The molecule has 9 heteroatoms. The third kappa shape index (κ3) is 6.35. The third-order valence-corrected chi connectivity index (χ3v) is 7.79. The Labute approximate surface area is 219 Å². The fourth-order valence-electron chi connectivity index (χ4n) is 3.86. The van der Waals surface area contributed by atoms with Crippen LogP contribution in [0.4, 0.5) is 5.69 Å². The van der Waals surface area contributed by atoms with Crippen LogP contribution in [0.25, 0.3) is 0 Å². The van der Waals surface area contributed by atoms with E-state index in [1.54, 1.807) is 48.5 Å². The number of anilines is 1. The van der Waals surface area contributed by atoms with Crippen LogP contribution >= 0.6 is 0 Å². The van der Waals surface area contributed by atoms with Gasteiger partial charge < -0.3 is 19.5 Å². The van der Waals surface area contributed by atoms with Gasteiger partial charge in [-0.2, -0.15) is 0 Å². The summed E-state index contributed by atoms with van der Waals surface area (Å²) in [6, 6.07) is 17.2. The Morgan fingerprint density at radius 3 is 2.03 bits per heavy atom. The van der Waals surface area contributed by atoms with E-state index in [1.165, 1.54) is 21.3 Å². The van der Waals surface area contributed by atoms with Crippen LogP contribution in [0.15, 0.2) is 65.6 Å². The molecule has 3 aromatic rings. The number of rotatable bonds is 11. The van der Waals surface area contributed by atoms with Crippen LogP contribution in [-0.4, -0.2) is 42.2 Å². The normalized spacial score (nSPS) is 11.2. The van der Waals surface area contributed by atoms with Crippen LogP contribution in [0.5, 0.6) is 17.2 Å². The molecular formula is C28H34N2O6S. The summed E-state index contributed by atoms with van der Waals surface area (Å²) >= 11 is 0. The van der Waals surface area contributed by atoms with Crippen molar-refractivity contribution in [1.29, 1.82) is 0 Å². The van der Waals surface area contributed by atoms with Crippen LogP contribution < -0.4 is 23.8 Å². The zero-order valence-electron chi connectivity index (χ0n) is 22.1. The summed E-state index contributed by atoms with van der Waals surface area (Å²) < 4.78 is 44.6. The maximum absolute atomic E-state index is 13.6. The Morgan fingerprint density at radius 1 is 0.865 bits per heavy atom. The van der Waals surface area contributed by atoms with E-state index in [9.17, 15) is 13.2 Å². The number of sulfonamides is 1. The van der Waals surface area contributed by atoms with Crippen molar-refractivity contribution in [2.75, 3.05) is 32.2 Å². The smallest absolute Gasteiger partial charge is 0.264 e. The van der Waals surface area contributed by atoms with E-state index in [0.717, 1.165) is 15.4 Å². The van der Waals surface area contributed by atoms with Crippen molar-refractivity contribution in [3.8, 4) is 17.2 Å². The number of hydrogen-bond acceptors (Lipinski definition) is 6. The van der Waals surface area contributed by atoms with E-state index in [0.29, 0.717) is 28.5 Å².